The van der Waals surface area contributed by atoms with E-state index in [4.69, 9.17) is 4.74 Å². The summed E-state index contributed by atoms with van der Waals surface area (Å²) in [7, 11) is 0. The zero-order valence-corrected chi connectivity index (χ0v) is 11.3. The molecule has 0 atom stereocenters. The van der Waals surface area contributed by atoms with Gasteiger partial charge in [0.2, 0.25) is 0 Å². The first-order valence-electron chi connectivity index (χ1n) is 7.00. The van der Waals surface area contributed by atoms with Gasteiger partial charge in [0.1, 0.15) is 5.75 Å². The van der Waals surface area contributed by atoms with Crippen molar-refractivity contribution in [1.82, 2.24) is 0 Å². The van der Waals surface area contributed by atoms with E-state index in [0.717, 1.165) is 12.2 Å². The molecular weight excluding hydrogens is 208 g/mol. The molecule has 1 saturated carbocycles. The predicted octanol–water partition coefficient (Wildman–Crippen LogP) is 4.69. The van der Waals surface area contributed by atoms with E-state index in [2.05, 4.69) is 39.0 Å². The fraction of sp³-hybridized carbons (Fsp3) is 0.625. The van der Waals surface area contributed by atoms with E-state index in [1.165, 1.54) is 36.8 Å². The SMILES string of the molecule is CCc1ccc(OC2CCCC2)c(C(C)C)c1. The Morgan fingerprint density at radius 2 is 1.94 bits per heavy atom. The van der Waals surface area contributed by atoms with Crippen molar-refractivity contribution >= 4 is 0 Å². The van der Waals surface area contributed by atoms with Crippen molar-refractivity contribution in [2.45, 2.75) is 64.9 Å². The van der Waals surface area contributed by atoms with Gasteiger partial charge in [-0.3, -0.25) is 0 Å². The lowest BCUT2D eigenvalue weighted by Gasteiger charge is -2.19. The molecule has 94 valence electrons. The fourth-order valence-electron chi connectivity index (χ4n) is 2.56. The van der Waals surface area contributed by atoms with E-state index in [0.29, 0.717) is 12.0 Å². The van der Waals surface area contributed by atoms with Crippen LogP contribution >= 0.6 is 0 Å². The van der Waals surface area contributed by atoms with E-state index in [9.17, 15) is 0 Å². The Morgan fingerprint density at radius 3 is 2.53 bits per heavy atom. The van der Waals surface area contributed by atoms with E-state index in [1.807, 2.05) is 0 Å². The lowest BCUT2D eigenvalue weighted by atomic mass is 9.98. The third kappa shape index (κ3) is 3.02. The Labute approximate surface area is 105 Å². The summed E-state index contributed by atoms with van der Waals surface area (Å²) in [5, 5.41) is 0. The van der Waals surface area contributed by atoms with Crippen molar-refractivity contribution in [2.24, 2.45) is 0 Å². The van der Waals surface area contributed by atoms with Crippen molar-refractivity contribution in [2.75, 3.05) is 0 Å². The second kappa shape index (κ2) is 5.57. The lowest BCUT2D eigenvalue weighted by Crippen LogP contribution is -2.12. The lowest BCUT2D eigenvalue weighted by molar-refractivity contribution is 0.207. The fourth-order valence-corrected chi connectivity index (χ4v) is 2.56. The van der Waals surface area contributed by atoms with Crippen LogP contribution in [0.4, 0.5) is 0 Å². The molecule has 0 heterocycles. The highest BCUT2D eigenvalue weighted by Crippen LogP contribution is 2.31. The summed E-state index contributed by atoms with van der Waals surface area (Å²) >= 11 is 0. The van der Waals surface area contributed by atoms with Gasteiger partial charge in [0, 0.05) is 0 Å². The molecule has 1 aromatic rings. The third-order valence-electron chi connectivity index (χ3n) is 3.70. The van der Waals surface area contributed by atoms with Gasteiger partial charge in [-0.15, -0.1) is 0 Å². The molecule has 0 saturated heterocycles. The number of aryl methyl sites for hydroxylation is 1. The summed E-state index contributed by atoms with van der Waals surface area (Å²) in [5.41, 5.74) is 2.78. The van der Waals surface area contributed by atoms with Crippen molar-refractivity contribution < 1.29 is 4.74 Å². The summed E-state index contributed by atoms with van der Waals surface area (Å²) in [6.07, 6.45) is 6.67. The Hall–Kier alpha value is -0.980. The quantitative estimate of drug-likeness (QED) is 0.731. The van der Waals surface area contributed by atoms with Crippen LogP contribution in [-0.2, 0) is 6.42 Å². The van der Waals surface area contributed by atoms with E-state index in [1.54, 1.807) is 0 Å². The molecule has 1 aliphatic carbocycles. The monoisotopic (exact) mass is 232 g/mol. The Bertz CT molecular complexity index is 362. The van der Waals surface area contributed by atoms with Gasteiger partial charge >= 0.3 is 0 Å². The summed E-state index contributed by atoms with van der Waals surface area (Å²) in [5.74, 6) is 1.65. The van der Waals surface area contributed by atoms with Gasteiger partial charge in [-0.25, -0.2) is 0 Å². The molecule has 0 bridgehead atoms. The van der Waals surface area contributed by atoms with Crippen LogP contribution in [0, 0.1) is 0 Å². The first-order valence-corrected chi connectivity index (χ1v) is 7.00. The highest BCUT2D eigenvalue weighted by Gasteiger charge is 2.18. The minimum absolute atomic E-state index is 0.458. The molecular formula is C16H24O. The summed E-state index contributed by atoms with van der Waals surface area (Å²) in [6.45, 7) is 6.70. The molecule has 1 heteroatoms. The Morgan fingerprint density at radius 1 is 1.24 bits per heavy atom. The van der Waals surface area contributed by atoms with Crippen molar-refractivity contribution in [3.05, 3.63) is 29.3 Å². The Balaban J connectivity index is 2.19. The van der Waals surface area contributed by atoms with Crippen molar-refractivity contribution in [3.8, 4) is 5.75 Å². The number of benzene rings is 1. The maximum absolute atomic E-state index is 6.17. The molecule has 0 unspecified atom stereocenters. The second-order valence-electron chi connectivity index (χ2n) is 5.40. The topological polar surface area (TPSA) is 9.23 Å². The zero-order valence-electron chi connectivity index (χ0n) is 11.3. The maximum atomic E-state index is 6.17. The molecule has 17 heavy (non-hydrogen) atoms. The highest BCUT2D eigenvalue weighted by molar-refractivity contribution is 5.39. The Kier molecular flexibility index (Phi) is 4.09. The van der Waals surface area contributed by atoms with Crippen LogP contribution in [0.3, 0.4) is 0 Å². The molecule has 0 amide bonds. The van der Waals surface area contributed by atoms with Gasteiger partial charge < -0.3 is 4.74 Å². The van der Waals surface area contributed by atoms with Crippen LogP contribution in [0.15, 0.2) is 18.2 Å². The van der Waals surface area contributed by atoms with E-state index < -0.39 is 0 Å². The zero-order chi connectivity index (χ0) is 12.3. The third-order valence-corrected chi connectivity index (χ3v) is 3.70. The van der Waals surface area contributed by atoms with E-state index >= 15 is 0 Å². The molecule has 1 fully saturated rings. The number of hydrogen-bond acceptors (Lipinski definition) is 1. The molecule has 0 aromatic heterocycles. The van der Waals surface area contributed by atoms with E-state index in [-0.39, 0.29) is 0 Å². The molecule has 1 nitrogen and oxygen atoms in total. The molecule has 2 rings (SSSR count). The standard InChI is InChI=1S/C16H24O/c1-4-13-9-10-16(15(11-13)12(2)3)17-14-7-5-6-8-14/h9-12,14H,4-8H2,1-3H3. The smallest absolute Gasteiger partial charge is 0.123 e. The number of rotatable bonds is 4. The van der Waals surface area contributed by atoms with Gasteiger partial charge in [-0.2, -0.15) is 0 Å². The van der Waals surface area contributed by atoms with Crippen molar-refractivity contribution in [1.29, 1.82) is 0 Å². The van der Waals surface area contributed by atoms with Gasteiger partial charge in [0.05, 0.1) is 6.10 Å². The largest absolute Gasteiger partial charge is 0.490 e. The summed E-state index contributed by atoms with van der Waals surface area (Å²) in [6, 6.07) is 6.69. The van der Waals surface area contributed by atoms with Gasteiger partial charge in [0.15, 0.2) is 0 Å². The van der Waals surface area contributed by atoms with Crippen LogP contribution in [0.5, 0.6) is 5.75 Å². The molecule has 1 aliphatic rings. The first kappa shape index (κ1) is 12.5. The predicted molar refractivity (Wildman–Crippen MR) is 72.8 cm³/mol. The van der Waals surface area contributed by atoms with Gasteiger partial charge in [-0.1, -0.05) is 32.9 Å². The van der Waals surface area contributed by atoms with Crippen LogP contribution in [0.1, 0.15) is 63.5 Å². The molecule has 0 radical (unpaired) electrons. The highest BCUT2D eigenvalue weighted by atomic mass is 16.5. The number of hydrogen-bond donors (Lipinski definition) is 0. The summed E-state index contributed by atoms with van der Waals surface area (Å²) < 4.78 is 6.17. The van der Waals surface area contributed by atoms with Gasteiger partial charge in [-0.05, 0) is 55.2 Å². The first-order chi connectivity index (χ1) is 8.20. The average molecular weight is 232 g/mol. The minimum Gasteiger partial charge on any atom is -0.490 e. The van der Waals surface area contributed by atoms with Crippen LogP contribution in [0.2, 0.25) is 0 Å². The molecule has 0 N–H and O–H groups in total. The summed E-state index contributed by atoms with van der Waals surface area (Å²) in [4.78, 5) is 0. The maximum Gasteiger partial charge on any atom is 0.123 e. The molecule has 0 spiro atoms. The van der Waals surface area contributed by atoms with Crippen molar-refractivity contribution in [3.63, 3.8) is 0 Å². The van der Waals surface area contributed by atoms with Crippen LogP contribution in [0.25, 0.3) is 0 Å². The molecule has 1 aromatic carbocycles. The second-order valence-corrected chi connectivity index (χ2v) is 5.40. The number of ether oxygens (including phenoxy) is 1. The van der Waals surface area contributed by atoms with Crippen LogP contribution in [-0.4, -0.2) is 6.10 Å². The minimum atomic E-state index is 0.458. The normalized spacial score (nSPS) is 16.7. The molecule has 0 aliphatic heterocycles. The average Bonchev–Trinajstić information content (AvgIpc) is 2.82. The van der Waals surface area contributed by atoms with Crippen LogP contribution < -0.4 is 4.74 Å². The van der Waals surface area contributed by atoms with Gasteiger partial charge in [0.25, 0.3) is 0 Å².